The molecule has 20 heavy (non-hydrogen) atoms. The molecule has 4 heteroatoms. The predicted octanol–water partition coefficient (Wildman–Crippen LogP) is 3.48. The van der Waals surface area contributed by atoms with E-state index in [9.17, 15) is 0 Å². The van der Waals surface area contributed by atoms with Gasteiger partial charge in [0.1, 0.15) is 5.75 Å². The van der Waals surface area contributed by atoms with Gasteiger partial charge in [-0.3, -0.25) is 4.90 Å². The maximum atomic E-state index is 5.32. The van der Waals surface area contributed by atoms with Crippen LogP contribution in [0.4, 0.5) is 0 Å². The Labute approximate surface area is 132 Å². The third kappa shape index (κ3) is 6.25. The van der Waals surface area contributed by atoms with Crippen molar-refractivity contribution in [1.29, 1.82) is 0 Å². The molecule has 0 aliphatic carbocycles. The van der Waals surface area contributed by atoms with Crippen LogP contribution in [-0.2, 0) is 6.54 Å². The summed E-state index contributed by atoms with van der Waals surface area (Å²) in [5.41, 5.74) is 1.28. The van der Waals surface area contributed by atoms with Gasteiger partial charge in [-0.2, -0.15) is 0 Å². The summed E-state index contributed by atoms with van der Waals surface area (Å²) in [6.07, 6.45) is 0. The Morgan fingerprint density at radius 2 is 1.90 bits per heavy atom. The molecule has 0 saturated heterocycles. The average Bonchev–Trinajstić information content (AvgIpc) is 2.37. The SMILES string of the molecule is COc1ccc(Br)c(CN(CCN(C)C)CC(C)C)c1. The number of benzene rings is 1. The van der Waals surface area contributed by atoms with E-state index in [1.165, 1.54) is 5.56 Å². The first kappa shape index (κ1) is 17.5. The third-order valence-electron chi connectivity index (χ3n) is 3.13. The van der Waals surface area contributed by atoms with Gasteiger partial charge in [0.15, 0.2) is 0 Å². The van der Waals surface area contributed by atoms with Crippen molar-refractivity contribution >= 4 is 15.9 Å². The van der Waals surface area contributed by atoms with Gasteiger partial charge in [0.05, 0.1) is 7.11 Å². The number of ether oxygens (including phenoxy) is 1. The van der Waals surface area contributed by atoms with Gasteiger partial charge >= 0.3 is 0 Å². The highest BCUT2D eigenvalue weighted by Gasteiger charge is 2.11. The molecule has 1 aromatic carbocycles. The smallest absolute Gasteiger partial charge is 0.119 e. The van der Waals surface area contributed by atoms with Crippen molar-refractivity contribution in [2.75, 3.05) is 40.8 Å². The molecule has 1 aromatic rings. The molecule has 3 nitrogen and oxygen atoms in total. The highest BCUT2D eigenvalue weighted by Crippen LogP contribution is 2.24. The minimum Gasteiger partial charge on any atom is -0.497 e. The highest BCUT2D eigenvalue weighted by molar-refractivity contribution is 9.10. The zero-order valence-electron chi connectivity index (χ0n) is 13.3. The van der Waals surface area contributed by atoms with Crippen molar-refractivity contribution in [3.63, 3.8) is 0 Å². The molecular weight excluding hydrogens is 316 g/mol. The van der Waals surface area contributed by atoms with Crippen LogP contribution in [0.25, 0.3) is 0 Å². The summed E-state index contributed by atoms with van der Waals surface area (Å²) in [6.45, 7) is 8.75. The van der Waals surface area contributed by atoms with Crippen molar-refractivity contribution in [2.45, 2.75) is 20.4 Å². The normalized spacial score (nSPS) is 11.7. The lowest BCUT2D eigenvalue weighted by atomic mass is 10.1. The van der Waals surface area contributed by atoms with E-state index in [-0.39, 0.29) is 0 Å². The van der Waals surface area contributed by atoms with E-state index < -0.39 is 0 Å². The molecule has 0 aliphatic heterocycles. The maximum Gasteiger partial charge on any atom is 0.119 e. The fraction of sp³-hybridized carbons (Fsp3) is 0.625. The van der Waals surface area contributed by atoms with Crippen LogP contribution >= 0.6 is 15.9 Å². The lowest BCUT2D eigenvalue weighted by Gasteiger charge is -2.26. The Kier molecular flexibility index (Phi) is 7.56. The first-order valence-corrected chi connectivity index (χ1v) is 7.91. The van der Waals surface area contributed by atoms with Crippen LogP contribution in [0.3, 0.4) is 0 Å². The summed E-state index contributed by atoms with van der Waals surface area (Å²) in [7, 11) is 5.95. The summed E-state index contributed by atoms with van der Waals surface area (Å²) in [5.74, 6) is 1.59. The minimum absolute atomic E-state index is 0.668. The predicted molar refractivity (Wildman–Crippen MR) is 89.4 cm³/mol. The quantitative estimate of drug-likeness (QED) is 0.719. The van der Waals surface area contributed by atoms with Crippen molar-refractivity contribution in [1.82, 2.24) is 9.80 Å². The topological polar surface area (TPSA) is 15.7 Å². The van der Waals surface area contributed by atoms with Crippen molar-refractivity contribution in [3.05, 3.63) is 28.2 Å². The second-order valence-corrected chi connectivity index (χ2v) is 6.74. The van der Waals surface area contributed by atoms with Gasteiger partial charge in [-0.25, -0.2) is 0 Å². The van der Waals surface area contributed by atoms with Gasteiger partial charge in [-0.1, -0.05) is 29.8 Å². The minimum atomic E-state index is 0.668. The van der Waals surface area contributed by atoms with E-state index in [2.05, 4.69) is 65.8 Å². The molecule has 0 N–H and O–H groups in total. The second-order valence-electron chi connectivity index (χ2n) is 5.89. The van der Waals surface area contributed by atoms with Gasteiger partial charge in [-0.05, 0) is 43.8 Å². The van der Waals surface area contributed by atoms with E-state index in [0.717, 1.165) is 36.4 Å². The Balaban J connectivity index is 2.76. The van der Waals surface area contributed by atoms with Crippen LogP contribution < -0.4 is 4.74 Å². The summed E-state index contributed by atoms with van der Waals surface area (Å²) >= 11 is 3.64. The van der Waals surface area contributed by atoms with Crippen LogP contribution in [-0.4, -0.2) is 50.6 Å². The molecule has 0 radical (unpaired) electrons. The van der Waals surface area contributed by atoms with Crippen LogP contribution in [0.1, 0.15) is 19.4 Å². The van der Waals surface area contributed by atoms with Crippen LogP contribution in [0, 0.1) is 5.92 Å². The van der Waals surface area contributed by atoms with E-state index >= 15 is 0 Å². The van der Waals surface area contributed by atoms with E-state index in [0.29, 0.717) is 5.92 Å². The first-order valence-electron chi connectivity index (χ1n) is 7.12. The van der Waals surface area contributed by atoms with Crippen LogP contribution in [0.15, 0.2) is 22.7 Å². The summed E-state index contributed by atoms with van der Waals surface area (Å²) in [6, 6.07) is 6.17. The number of hydrogen-bond donors (Lipinski definition) is 0. The van der Waals surface area contributed by atoms with Gasteiger partial charge in [0, 0.05) is 30.7 Å². The third-order valence-corrected chi connectivity index (χ3v) is 3.91. The lowest BCUT2D eigenvalue weighted by molar-refractivity contribution is 0.211. The summed E-state index contributed by atoms with van der Waals surface area (Å²) < 4.78 is 6.47. The number of methoxy groups -OCH3 is 1. The molecule has 0 bridgehead atoms. The van der Waals surface area contributed by atoms with Crippen molar-refractivity contribution in [2.24, 2.45) is 5.92 Å². The molecule has 0 heterocycles. The monoisotopic (exact) mass is 342 g/mol. The molecule has 0 saturated carbocycles. The Hall–Kier alpha value is -0.580. The fourth-order valence-electron chi connectivity index (χ4n) is 2.13. The molecule has 0 amide bonds. The molecule has 1 rings (SSSR count). The number of likely N-dealkylation sites (N-methyl/N-ethyl adjacent to an activating group) is 1. The molecule has 0 aliphatic rings. The largest absolute Gasteiger partial charge is 0.497 e. The second kappa shape index (κ2) is 8.65. The molecule has 0 atom stereocenters. The number of halogens is 1. The Morgan fingerprint density at radius 1 is 1.20 bits per heavy atom. The number of nitrogens with zero attached hydrogens (tertiary/aromatic N) is 2. The van der Waals surface area contributed by atoms with E-state index in [1.807, 2.05) is 6.07 Å². The summed E-state index contributed by atoms with van der Waals surface area (Å²) in [4.78, 5) is 4.73. The molecule has 0 unspecified atom stereocenters. The van der Waals surface area contributed by atoms with Crippen molar-refractivity contribution < 1.29 is 4.74 Å². The van der Waals surface area contributed by atoms with Crippen molar-refractivity contribution in [3.8, 4) is 5.75 Å². The highest BCUT2D eigenvalue weighted by atomic mass is 79.9. The summed E-state index contributed by atoms with van der Waals surface area (Å²) in [5, 5.41) is 0. The maximum absolute atomic E-state index is 5.32. The Morgan fingerprint density at radius 3 is 2.45 bits per heavy atom. The van der Waals surface area contributed by atoms with Gasteiger partial charge < -0.3 is 9.64 Å². The van der Waals surface area contributed by atoms with Crippen LogP contribution in [0.5, 0.6) is 5.75 Å². The molecule has 0 fully saturated rings. The van der Waals surface area contributed by atoms with Gasteiger partial charge in [0.25, 0.3) is 0 Å². The molecule has 114 valence electrons. The number of hydrogen-bond acceptors (Lipinski definition) is 3. The molecule has 0 aromatic heterocycles. The Bertz CT molecular complexity index is 407. The van der Waals surface area contributed by atoms with Gasteiger partial charge in [0.2, 0.25) is 0 Å². The zero-order valence-corrected chi connectivity index (χ0v) is 14.9. The number of rotatable bonds is 8. The molecular formula is C16H27BrN2O. The first-order chi connectivity index (χ1) is 9.42. The average molecular weight is 343 g/mol. The van der Waals surface area contributed by atoms with Gasteiger partial charge in [-0.15, -0.1) is 0 Å². The van der Waals surface area contributed by atoms with E-state index in [4.69, 9.17) is 4.74 Å². The van der Waals surface area contributed by atoms with E-state index in [1.54, 1.807) is 7.11 Å². The fourth-order valence-corrected chi connectivity index (χ4v) is 2.50. The lowest BCUT2D eigenvalue weighted by Crippen LogP contribution is -2.34. The van der Waals surface area contributed by atoms with Crippen LogP contribution in [0.2, 0.25) is 0 Å². The zero-order chi connectivity index (χ0) is 15.1. The molecule has 0 spiro atoms. The standard InChI is InChI=1S/C16H27BrN2O/c1-13(2)11-19(9-8-18(3)4)12-14-10-15(20-5)6-7-16(14)17/h6-7,10,13H,8-9,11-12H2,1-5H3.